The Morgan fingerprint density at radius 1 is 0.982 bits per heavy atom. The molecule has 0 aliphatic heterocycles. The van der Waals surface area contributed by atoms with Crippen molar-refractivity contribution < 1.29 is 43.2 Å². The predicted octanol–water partition coefficient (Wildman–Crippen LogP) is 4.98. The second-order valence-corrected chi connectivity index (χ2v) is 15.1. The van der Waals surface area contributed by atoms with Crippen LogP contribution in [0, 0.1) is 5.92 Å². The van der Waals surface area contributed by atoms with E-state index in [0.29, 0.717) is 93.4 Å². The molecule has 56 heavy (non-hydrogen) atoms. The van der Waals surface area contributed by atoms with Gasteiger partial charge in [0.25, 0.3) is 0 Å². The van der Waals surface area contributed by atoms with Gasteiger partial charge in [-0.25, -0.2) is 4.79 Å². The highest BCUT2D eigenvalue weighted by Gasteiger charge is 2.46. The first-order chi connectivity index (χ1) is 26.9. The van der Waals surface area contributed by atoms with Crippen molar-refractivity contribution in [1.82, 2.24) is 20.9 Å². The summed E-state index contributed by atoms with van der Waals surface area (Å²) in [6, 6.07) is 8.91. The van der Waals surface area contributed by atoms with Gasteiger partial charge in [-0.3, -0.25) is 9.59 Å². The Morgan fingerprint density at radius 2 is 1.62 bits per heavy atom. The second-order valence-electron chi connectivity index (χ2n) is 13.7. The molecule has 0 radical (unpaired) electrons. The summed E-state index contributed by atoms with van der Waals surface area (Å²) in [6.45, 7) is 7.56. The first kappa shape index (κ1) is 45.0. The van der Waals surface area contributed by atoms with E-state index < -0.39 is 35.5 Å². The number of ether oxygens (including phenoxy) is 5. The fraction of sp³-hybridized carbons (Fsp3) is 0.538. The monoisotopic (exact) mass is 837 g/mol. The molecule has 17 heteroatoms. The summed E-state index contributed by atoms with van der Waals surface area (Å²) >= 11 is 18.2. The van der Waals surface area contributed by atoms with Crippen molar-refractivity contribution in [2.45, 2.75) is 70.0 Å². The molecule has 4 unspecified atom stereocenters. The van der Waals surface area contributed by atoms with Gasteiger partial charge in [0.15, 0.2) is 0 Å². The molecule has 2 aromatic carbocycles. The summed E-state index contributed by atoms with van der Waals surface area (Å²) in [4.78, 5) is 43.9. The van der Waals surface area contributed by atoms with E-state index >= 15 is 0 Å². The van der Waals surface area contributed by atoms with Crippen LogP contribution in [0.3, 0.4) is 0 Å². The van der Waals surface area contributed by atoms with Crippen molar-refractivity contribution in [1.29, 1.82) is 0 Å². The molecule has 14 nitrogen and oxygen atoms in total. The van der Waals surface area contributed by atoms with Crippen LogP contribution >= 0.6 is 35.4 Å². The number of hydrogen-bond acceptors (Lipinski definition) is 9. The van der Waals surface area contributed by atoms with Crippen LogP contribution in [0.4, 0.5) is 4.79 Å². The van der Waals surface area contributed by atoms with Crippen molar-refractivity contribution >= 4 is 69.2 Å². The maximum absolute atomic E-state index is 14.4. The fourth-order valence-corrected chi connectivity index (χ4v) is 7.38. The van der Waals surface area contributed by atoms with E-state index in [4.69, 9.17) is 64.8 Å². The van der Waals surface area contributed by atoms with E-state index in [2.05, 4.69) is 20.9 Å². The minimum atomic E-state index is -1.47. The maximum Gasteiger partial charge on any atom is 0.405 e. The molecule has 1 aliphatic carbocycles. The lowest BCUT2D eigenvalue weighted by molar-refractivity contribution is -0.135. The molecule has 7 N–H and O–H groups in total. The van der Waals surface area contributed by atoms with Crippen LogP contribution in [-0.2, 0) is 47.8 Å². The van der Waals surface area contributed by atoms with E-state index in [-0.39, 0.29) is 30.2 Å². The van der Waals surface area contributed by atoms with Crippen molar-refractivity contribution in [3.63, 3.8) is 0 Å². The van der Waals surface area contributed by atoms with Crippen molar-refractivity contribution in [2.75, 3.05) is 60.0 Å². The molecule has 0 bridgehead atoms. The molecule has 1 aromatic heterocycles. The number of H-pyrrole nitrogens is 1. The smallest absolute Gasteiger partial charge is 0.405 e. The number of carboxylic acid groups (broad SMARTS) is 1. The van der Waals surface area contributed by atoms with Gasteiger partial charge in [0.2, 0.25) is 11.8 Å². The first-order valence-electron chi connectivity index (χ1n) is 18.7. The number of aromatic nitrogens is 1. The van der Waals surface area contributed by atoms with E-state index in [0.717, 1.165) is 22.2 Å². The highest BCUT2D eigenvalue weighted by atomic mass is 35.5. The quantitative estimate of drug-likeness (QED) is 0.0526. The number of thiocarbonyl (C=S) groups is 1. The Morgan fingerprint density at radius 3 is 2.23 bits per heavy atom. The van der Waals surface area contributed by atoms with Gasteiger partial charge in [-0.1, -0.05) is 67.8 Å². The Bertz CT molecular complexity index is 1780. The van der Waals surface area contributed by atoms with Gasteiger partial charge in [0.05, 0.1) is 67.8 Å². The maximum atomic E-state index is 14.4. The third kappa shape index (κ3) is 12.9. The average molecular weight is 839 g/mol. The third-order valence-corrected chi connectivity index (χ3v) is 10.6. The zero-order valence-corrected chi connectivity index (χ0v) is 34.4. The van der Waals surface area contributed by atoms with Gasteiger partial charge in [0, 0.05) is 29.6 Å². The van der Waals surface area contributed by atoms with Crippen LogP contribution in [0.2, 0.25) is 10.0 Å². The number of carbonyl (C=O) groups excluding carboxylic acids is 2. The number of nitrogens with one attached hydrogen (secondary N) is 4. The number of aryl methyl sites for hydroxylation is 2. The van der Waals surface area contributed by atoms with E-state index in [1.807, 2.05) is 26.0 Å². The first-order valence-corrected chi connectivity index (χ1v) is 19.9. The number of hydrogen-bond donors (Lipinski definition) is 6. The Kier molecular flexibility index (Phi) is 17.9. The molecule has 1 heterocycles. The summed E-state index contributed by atoms with van der Waals surface area (Å²) in [6.07, 6.45) is 0.505. The van der Waals surface area contributed by atoms with Gasteiger partial charge in [-0.05, 0) is 67.0 Å². The number of nitrogens with two attached hydrogens (primary N) is 1. The van der Waals surface area contributed by atoms with E-state index in [9.17, 15) is 19.5 Å². The summed E-state index contributed by atoms with van der Waals surface area (Å²) in [5, 5.41) is 19.6. The molecule has 3 amide bonds. The van der Waals surface area contributed by atoms with Crippen LogP contribution in [0.15, 0.2) is 36.4 Å². The molecule has 308 valence electrons. The second kappa shape index (κ2) is 22.3. The van der Waals surface area contributed by atoms with Gasteiger partial charge in [-0.2, -0.15) is 0 Å². The molecule has 1 aliphatic rings. The van der Waals surface area contributed by atoms with Gasteiger partial charge in [0.1, 0.15) is 23.9 Å². The minimum absolute atomic E-state index is 0.0754. The molecule has 0 saturated carbocycles. The molecule has 4 atom stereocenters. The standard InChI is InChI=1S/C39H53Cl2N5O9S/c1-4-24(2)33(35(42)56)45-37(48)39(12-11-31-29(23-39)28-21-26(40)22-30(41)34(28)43-31)46-36(47)32(44-38(49)50)10-7-25-5-8-27(9-6-25)55-20-19-54-18-17-53-16-15-52-14-13-51-3/h5-6,8-9,21-22,24,32-33,43-44H,4,7,10-20,23H2,1-3H3,(H2,42,56)(H,45,48)(H,46,47)(H,49,50). The number of methoxy groups -OCH3 is 1. The molecule has 0 saturated heterocycles. The number of carbonyl (C=O) groups is 3. The normalized spacial score (nSPS) is 16.7. The molecule has 0 spiro atoms. The molecular weight excluding hydrogens is 785 g/mol. The lowest BCUT2D eigenvalue weighted by atomic mass is 9.78. The topological polar surface area (TPSA) is 195 Å². The number of benzene rings is 2. The molecular formula is C39H53Cl2N5O9S. The van der Waals surface area contributed by atoms with Crippen LogP contribution in [0.1, 0.15) is 49.9 Å². The van der Waals surface area contributed by atoms with Gasteiger partial charge < -0.3 is 55.5 Å². The van der Waals surface area contributed by atoms with Crippen LogP contribution in [-0.4, -0.2) is 111 Å². The van der Waals surface area contributed by atoms with E-state index in [1.54, 1.807) is 31.4 Å². The summed E-state index contributed by atoms with van der Waals surface area (Å²) in [7, 11) is 1.62. The Labute approximate surface area is 342 Å². The highest BCUT2D eigenvalue weighted by Crippen LogP contribution is 2.38. The SMILES string of the molecule is CCC(C)C(NC(=O)C1(NC(=O)C(CCc2ccc(OCCOCCOCCOCCOC)cc2)NC(=O)O)CCc2[nH]c3c(Cl)cc(Cl)cc3c2C1)C(N)=S. The molecule has 0 fully saturated rings. The lowest BCUT2D eigenvalue weighted by Crippen LogP contribution is -2.66. The number of aromatic amines is 1. The zero-order chi connectivity index (χ0) is 40.7. The Hall–Kier alpha value is -3.70. The summed E-state index contributed by atoms with van der Waals surface area (Å²) in [5.41, 5.74) is 7.79. The zero-order valence-electron chi connectivity index (χ0n) is 32.1. The number of fused-ring (bicyclic) bond motifs is 3. The largest absolute Gasteiger partial charge is 0.491 e. The predicted molar refractivity (Wildman–Crippen MR) is 219 cm³/mol. The fourth-order valence-electron chi connectivity index (χ4n) is 6.54. The van der Waals surface area contributed by atoms with Gasteiger partial charge in [-0.15, -0.1) is 0 Å². The number of halogens is 2. The van der Waals surface area contributed by atoms with Crippen LogP contribution in [0.25, 0.3) is 10.9 Å². The summed E-state index contributed by atoms with van der Waals surface area (Å²) < 4.78 is 27.0. The van der Waals surface area contributed by atoms with Crippen LogP contribution in [0.5, 0.6) is 5.75 Å². The summed E-state index contributed by atoms with van der Waals surface area (Å²) in [5.74, 6) is -0.552. The lowest BCUT2D eigenvalue weighted by Gasteiger charge is -2.39. The molecule has 4 rings (SSSR count). The van der Waals surface area contributed by atoms with E-state index in [1.165, 1.54) is 0 Å². The average Bonchev–Trinajstić information content (AvgIpc) is 3.53. The number of amides is 3. The minimum Gasteiger partial charge on any atom is -0.491 e. The van der Waals surface area contributed by atoms with Gasteiger partial charge >= 0.3 is 6.09 Å². The van der Waals surface area contributed by atoms with Crippen LogP contribution < -0.4 is 26.4 Å². The molecule has 3 aromatic rings. The third-order valence-electron chi connectivity index (χ3n) is 9.84. The Balaban J connectivity index is 1.39. The number of rotatable bonds is 24. The van der Waals surface area contributed by atoms with Crippen molar-refractivity contribution in [3.8, 4) is 5.75 Å². The van der Waals surface area contributed by atoms with Crippen molar-refractivity contribution in [2.24, 2.45) is 11.7 Å². The highest BCUT2D eigenvalue weighted by molar-refractivity contribution is 7.80. The van der Waals surface area contributed by atoms with Crippen molar-refractivity contribution in [3.05, 3.63) is 63.3 Å².